The number of aliphatic hydroxyl groups is 2. The highest BCUT2D eigenvalue weighted by Gasteiger charge is 2.33. The second-order valence-corrected chi connectivity index (χ2v) is 10.1. The lowest BCUT2D eigenvalue weighted by Crippen LogP contribution is -2.59. The van der Waals surface area contributed by atoms with Gasteiger partial charge < -0.3 is 25.6 Å². The summed E-state index contributed by atoms with van der Waals surface area (Å²) in [5, 5.41) is 30.1. The van der Waals surface area contributed by atoms with Gasteiger partial charge in [-0.25, -0.2) is 0 Å². The van der Waals surface area contributed by atoms with E-state index in [9.17, 15) is 10.2 Å². The molecule has 1 aliphatic rings. The summed E-state index contributed by atoms with van der Waals surface area (Å²) in [7, 11) is 0. The lowest BCUT2D eigenvalue weighted by Gasteiger charge is -2.43. The fourth-order valence-electron chi connectivity index (χ4n) is 3.72. The van der Waals surface area contributed by atoms with Crippen molar-refractivity contribution in [3.63, 3.8) is 0 Å². The Kier molecular flexibility index (Phi) is 8.36. The molecule has 1 aromatic carbocycles. The first-order valence-corrected chi connectivity index (χ1v) is 11.7. The molecule has 4 N–H and O–H groups in total. The average Bonchev–Trinajstić information content (AvgIpc) is 2.74. The van der Waals surface area contributed by atoms with E-state index in [2.05, 4.69) is 20.1 Å². The van der Waals surface area contributed by atoms with E-state index in [1.807, 2.05) is 25.7 Å². The van der Waals surface area contributed by atoms with Gasteiger partial charge in [-0.05, 0) is 33.8 Å². The van der Waals surface area contributed by atoms with Crippen LogP contribution in [0.4, 0.5) is 11.8 Å². The van der Waals surface area contributed by atoms with Crippen molar-refractivity contribution in [2.75, 3.05) is 43.4 Å². The Labute approximate surface area is 204 Å². The predicted octanol–water partition coefficient (Wildman–Crippen LogP) is 2.48. The number of ether oxygens (including phenoxy) is 1. The monoisotopic (exact) mass is 498 g/mol. The molecule has 182 valence electrons. The Morgan fingerprint density at radius 1 is 1.21 bits per heavy atom. The van der Waals surface area contributed by atoms with Gasteiger partial charge in [0.05, 0.1) is 40.5 Å². The van der Waals surface area contributed by atoms with Crippen LogP contribution in [0.2, 0.25) is 10.0 Å². The number of nitrogens with zero attached hydrogens (tertiary/aromatic N) is 5. The van der Waals surface area contributed by atoms with Crippen LogP contribution in [0.5, 0.6) is 0 Å². The summed E-state index contributed by atoms with van der Waals surface area (Å²) < 4.78 is 5.69. The molecule has 0 saturated carbocycles. The topological polar surface area (TPSA) is 121 Å². The molecule has 1 fully saturated rings. The minimum absolute atomic E-state index is 0.190. The summed E-state index contributed by atoms with van der Waals surface area (Å²) in [5.41, 5.74) is 6.78. The third-order valence-electron chi connectivity index (χ3n) is 5.44. The molecule has 0 radical (unpaired) electrons. The molecule has 1 aromatic heterocycles. The minimum Gasteiger partial charge on any atom is -0.392 e. The van der Waals surface area contributed by atoms with Crippen molar-refractivity contribution in [2.45, 2.75) is 51.5 Å². The fraction of sp³-hybridized carbons (Fsp3) is 0.591. The number of aromatic nitrogens is 3. The normalized spacial score (nSPS) is 19.5. The lowest BCUT2D eigenvalue weighted by molar-refractivity contribution is -0.0645. The van der Waals surface area contributed by atoms with Gasteiger partial charge in [0.1, 0.15) is 5.69 Å². The Morgan fingerprint density at radius 3 is 2.58 bits per heavy atom. The molecule has 0 bridgehead atoms. The van der Waals surface area contributed by atoms with E-state index in [1.54, 1.807) is 25.1 Å². The summed E-state index contributed by atoms with van der Waals surface area (Å²) in [6, 6.07) is 4.97. The number of benzene rings is 1. The van der Waals surface area contributed by atoms with Crippen LogP contribution in [0.25, 0.3) is 11.3 Å². The summed E-state index contributed by atoms with van der Waals surface area (Å²) in [4.78, 5) is 8.43. The van der Waals surface area contributed by atoms with Gasteiger partial charge >= 0.3 is 0 Å². The molecule has 1 saturated heterocycles. The first-order chi connectivity index (χ1) is 15.5. The van der Waals surface area contributed by atoms with Crippen LogP contribution < -0.4 is 10.6 Å². The van der Waals surface area contributed by atoms with Gasteiger partial charge in [-0.3, -0.25) is 4.90 Å². The smallest absolute Gasteiger partial charge is 0.247 e. The number of aliphatic hydroxyl groups excluding tert-OH is 2. The SMILES string of the molecule is CC(O)C1CN(c2nnc(-c3cccc(Cl)c3Cl)c(N)n2)CCN1CC(O)COC(C)(C)C. The number of β-amino-alcohol motifs (C(OH)–C–C–N with tert-alkyl or cyclic N) is 1. The number of hydrogen-bond acceptors (Lipinski definition) is 9. The molecule has 0 spiro atoms. The maximum Gasteiger partial charge on any atom is 0.247 e. The van der Waals surface area contributed by atoms with Crippen LogP contribution in [0.3, 0.4) is 0 Å². The van der Waals surface area contributed by atoms with Gasteiger partial charge in [0.15, 0.2) is 5.82 Å². The second kappa shape index (κ2) is 10.7. The Morgan fingerprint density at radius 2 is 1.94 bits per heavy atom. The molecule has 33 heavy (non-hydrogen) atoms. The number of anilines is 2. The van der Waals surface area contributed by atoms with Gasteiger partial charge in [0.2, 0.25) is 5.95 Å². The highest BCUT2D eigenvalue weighted by atomic mass is 35.5. The van der Waals surface area contributed by atoms with E-state index >= 15 is 0 Å². The van der Waals surface area contributed by atoms with Gasteiger partial charge in [0.25, 0.3) is 0 Å². The molecule has 3 atom stereocenters. The molecule has 1 aliphatic heterocycles. The van der Waals surface area contributed by atoms with E-state index in [4.69, 9.17) is 33.7 Å². The Hall–Kier alpha value is -1.75. The average molecular weight is 499 g/mol. The van der Waals surface area contributed by atoms with Gasteiger partial charge in [-0.2, -0.15) is 4.98 Å². The van der Waals surface area contributed by atoms with E-state index in [-0.39, 0.29) is 24.1 Å². The van der Waals surface area contributed by atoms with E-state index in [1.165, 1.54) is 0 Å². The van der Waals surface area contributed by atoms with Gasteiger partial charge in [-0.1, -0.05) is 35.3 Å². The molecule has 0 amide bonds. The molecule has 0 aliphatic carbocycles. The standard InChI is InChI=1S/C22H32Cl2N6O3/c1-13(31)17-11-30(9-8-29(17)10-14(32)12-33-22(2,3)4)21-26-20(25)19(27-28-21)15-6-5-7-16(23)18(15)24/h5-7,13-14,17,31-32H,8-12H2,1-4H3,(H2,25,26,28). The van der Waals surface area contributed by atoms with Crippen LogP contribution in [0.15, 0.2) is 18.2 Å². The number of nitrogens with two attached hydrogens (primary N) is 1. The van der Waals surface area contributed by atoms with Crippen molar-refractivity contribution in [3.05, 3.63) is 28.2 Å². The summed E-state index contributed by atoms with van der Waals surface area (Å²) in [5.74, 6) is 0.561. The maximum atomic E-state index is 10.4. The quantitative estimate of drug-likeness (QED) is 0.528. The number of piperazine rings is 1. The zero-order valence-electron chi connectivity index (χ0n) is 19.4. The first kappa shape index (κ1) is 25.9. The van der Waals surface area contributed by atoms with Crippen LogP contribution in [0.1, 0.15) is 27.7 Å². The van der Waals surface area contributed by atoms with Crippen LogP contribution in [-0.4, -0.2) is 86.9 Å². The molecule has 3 unspecified atom stereocenters. The zero-order valence-corrected chi connectivity index (χ0v) is 20.9. The molecular weight excluding hydrogens is 467 g/mol. The second-order valence-electron chi connectivity index (χ2n) is 9.27. The third kappa shape index (κ3) is 6.65. The van der Waals surface area contributed by atoms with E-state index < -0.39 is 12.2 Å². The summed E-state index contributed by atoms with van der Waals surface area (Å²) in [6.07, 6.45) is -1.29. The van der Waals surface area contributed by atoms with Crippen molar-refractivity contribution in [2.24, 2.45) is 0 Å². The Bertz CT molecular complexity index is 956. The fourth-order valence-corrected chi connectivity index (χ4v) is 4.11. The number of hydrogen-bond donors (Lipinski definition) is 3. The van der Waals surface area contributed by atoms with Crippen LogP contribution in [-0.2, 0) is 4.74 Å². The van der Waals surface area contributed by atoms with Crippen molar-refractivity contribution < 1.29 is 14.9 Å². The van der Waals surface area contributed by atoms with Gasteiger partial charge in [-0.15, -0.1) is 10.2 Å². The van der Waals surface area contributed by atoms with Crippen molar-refractivity contribution in [1.29, 1.82) is 0 Å². The van der Waals surface area contributed by atoms with Gasteiger partial charge in [0, 0.05) is 31.7 Å². The highest BCUT2D eigenvalue weighted by Crippen LogP contribution is 2.34. The Balaban J connectivity index is 1.71. The van der Waals surface area contributed by atoms with Crippen molar-refractivity contribution in [3.8, 4) is 11.3 Å². The number of halogens is 2. The molecular formula is C22H32Cl2N6O3. The maximum absolute atomic E-state index is 10.4. The third-order valence-corrected chi connectivity index (χ3v) is 6.26. The first-order valence-electron chi connectivity index (χ1n) is 10.9. The number of rotatable bonds is 7. The highest BCUT2D eigenvalue weighted by molar-refractivity contribution is 6.43. The predicted molar refractivity (Wildman–Crippen MR) is 131 cm³/mol. The summed E-state index contributed by atoms with van der Waals surface area (Å²) >= 11 is 12.4. The van der Waals surface area contributed by atoms with E-state index in [0.717, 1.165) is 0 Å². The largest absolute Gasteiger partial charge is 0.392 e. The summed E-state index contributed by atoms with van der Waals surface area (Å²) in [6.45, 7) is 9.86. The van der Waals surface area contributed by atoms with Crippen LogP contribution in [0, 0.1) is 0 Å². The molecule has 11 heteroatoms. The molecule has 2 heterocycles. The van der Waals surface area contributed by atoms with E-state index in [0.29, 0.717) is 53.4 Å². The molecule has 3 rings (SSSR count). The molecule has 9 nitrogen and oxygen atoms in total. The van der Waals surface area contributed by atoms with Crippen LogP contribution >= 0.6 is 23.2 Å². The lowest BCUT2D eigenvalue weighted by atomic mass is 10.1. The number of nitrogen functional groups attached to an aromatic ring is 1. The van der Waals surface area contributed by atoms with Crippen molar-refractivity contribution >= 4 is 35.0 Å². The minimum atomic E-state index is -0.660. The zero-order chi connectivity index (χ0) is 24.3. The van der Waals surface area contributed by atoms with Crippen molar-refractivity contribution in [1.82, 2.24) is 20.1 Å². The molecule has 2 aromatic rings.